The van der Waals surface area contributed by atoms with Crippen molar-refractivity contribution in [2.24, 2.45) is 5.92 Å². The number of carbonyl (C=O) groups excluding carboxylic acids is 2. The monoisotopic (exact) mass is 354 g/mol. The average Bonchev–Trinajstić information content (AvgIpc) is 3.03. The molecule has 5 nitrogen and oxygen atoms in total. The Labute approximate surface area is 150 Å². The first kappa shape index (κ1) is 17.2. The van der Waals surface area contributed by atoms with Gasteiger partial charge < -0.3 is 10.1 Å². The van der Waals surface area contributed by atoms with Crippen LogP contribution in [0.1, 0.15) is 39.7 Å². The van der Waals surface area contributed by atoms with Crippen LogP contribution >= 0.6 is 11.3 Å². The molecule has 1 atom stereocenters. The summed E-state index contributed by atoms with van der Waals surface area (Å²) in [5.41, 5.74) is 2.43. The predicted octanol–water partition coefficient (Wildman–Crippen LogP) is 3.54. The zero-order valence-electron chi connectivity index (χ0n) is 13.9. The quantitative estimate of drug-likeness (QED) is 0.852. The summed E-state index contributed by atoms with van der Waals surface area (Å²) >= 11 is 1.59. The molecule has 0 radical (unpaired) electrons. The Balaban J connectivity index is 1.59. The third-order valence-corrected chi connectivity index (χ3v) is 5.33. The lowest BCUT2D eigenvalue weighted by molar-refractivity contribution is -0.119. The summed E-state index contributed by atoms with van der Waals surface area (Å²) < 4.78 is 5.16. The number of hydrogen-bond acceptors (Lipinski definition) is 5. The minimum atomic E-state index is -0.464. The van der Waals surface area contributed by atoms with Gasteiger partial charge in [0.05, 0.1) is 16.8 Å². The van der Waals surface area contributed by atoms with Crippen LogP contribution in [0.15, 0.2) is 29.6 Å². The standard InChI is InChI=1S/C19H18N2O3S/c1-12-6-7-14-15(11-25-17(14)8-12)19(23)24-10-18(22)21-16-5-3-2-4-13(16)9-20/h2-5,11-12H,6-8,10H2,1H3,(H,21,22)/t12-/m1/s1. The van der Waals surface area contributed by atoms with E-state index in [1.165, 1.54) is 4.88 Å². The molecule has 1 aromatic carbocycles. The number of fused-ring (bicyclic) bond motifs is 1. The smallest absolute Gasteiger partial charge is 0.339 e. The molecule has 0 bridgehead atoms. The van der Waals surface area contributed by atoms with Gasteiger partial charge in [0.25, 0.3) is 5.91 Å². The number of anilines is 1. The fourth-order valence-corrected chi connectivity index (χ4v) is 4.17. The largest absolute Gasteiger partial charge is 0.452 e. The molecule has 0 aliphatic heterocycles. The van der Waals surface area contributed by atoms with Crippen LogP contribution in [-0.4, -0.2) is 18.5 Å². The van der Waals surface area contributed by atoms with Gasteiger partial charge in [0.2, 0.25) is 0 Å². The molecule has 128 valence electrons. The number of ether oxygens (including phenoxy) is 1. The Morgan fingerprint density at radius 1 is 1.40 bits per heavy atom. The highest BCUT2D eigenvalue weighted by Crippen LogP contribution is 2.33. The van der Waals surface area contributed by atoms with Gasteiger partial charge >= 0.3 is 5.97 Å². The number of para-hydroxylation sites is 1. The molecule has 6 heteroatoms. The number of thiophene rings is 1. The van der Waals surface area contributed by atoms with Gasteiger partial charge in [-0.1, -0.05) is 19.1 Å². The van der Waals surface area contributed by atoms with Crippen molar-refractivity contribution in [3.05, 3.63) is 51.2 Å². The molecule has 0 saturated heterocycles. The minimum absolute atomic E-state index is 0.364. The van der Waals surface area contributed by atoms with Crippen molar-refractivity contribution in [2.45, 2.75) is 26.2 Å². The van der Waals surface area contributed by atoms with E-state index in [9.17, 15) is 9.59 Å². The SMILES string of the molecule is C[C@@H]1CCc2c(C(=O)OCC(=O)Nc3ccccc3C#N)csc2C1. The second kappa shape index (κ2) is 7.49. The molecule has 1 aliphatic rings. The first-order valence-corrected chi connectivity index (χ1v) is 9.01. The molecule has 1 N–H and O–H groups in total. The fourth-order valence-electron chi connectivity index (χ4n) is 2.93. The Kier molecular flexibility index (Phi) is 5.15. The number of nitrogens with zero attached hydrogens (tertiary/aromatic N) is 1. The number of rotatable bonds is 4. The number of amides is 1. The van der Waals surface area contributed by atoms with Crippen LogP contribution in [0.25, 0.3) is 0 Å². The maximum absolute atomic E-state index is 12.3. The number of esters is 1. The van der Waals surface area contributed by atoms with Gasteiger partial charge in [-0.2, -0.15) is 5.26 Å². The Hall–Kier alpha value is -2.65. The van der Waals surface area contributed by atoms with Crippen LogP contribution in [0.4, 0.5) is 5.69 Å². The van der Waals surface area contributed by atoms with Gasteiger partial charge in [-0.15, -0.1) is 11.3 Å². The molecule has 25 heavy (non-hydrogen) atoms. The predicted molar refractivity (Wildman–Crippen MR) is 95.6 cm³/mol. The molecule has 0 unspecified atom stereocenters. The van der Waals surface area contributed by atoms with Crippen molar-refractivity contribution in [2.75, 3.05) is 11.9 Å². The summed E-state index contributed by atoms with van der Waals surface area (Å²) in [4.78, 5) is 25.5. The first-order chi connectivity index (χ1) is 12.1. The van der Waals surface area contributed by atoms with Gasteiger partial charge in [0.1, 0.15) is 6.07 Å². The third-order valence-electron chi connectivity index (χ3n) is 4.28. The molecule has 1 heterocycles. The van der Waals surface area contributed by atoms with Crippen LogP contribution in [0, 0.1) is 17.2 Å². The maximum atomic E-state index is 12.3. The van der Waals surface area contributed by atoms with E-state index in [4.69, 9.17) is 10.00 Å². The number of nitriles is 1. The molecule has 0 fully saturated rings. The van der Waals surface area contributed by atoms with E-state index in [1.54, 1.807) is 35.6 Å². The molecule has 3 rings (SSSR count). The lowest BCUT2D eigenvalue weighted by Gasteiger charge is -2.18. The molecule has 1 amide bonds. The molecule has 1 aromatic heterocycles. The third kappa shape index (κ3) is 3.89. The van der Waals surface area contributed by atoms with Crippen LogP contribution < -0.4 is 5.32 Å². The highest BCUT2D eigenvalue weighted by Gasteiger charge is 2.24. The summed E-state index contributed by atoms with van der Waals surface area (Å²) in [5.74, 6) is -0.287. The van der Waals surface area contributed by atoms with E-state index >= 15 is 0 Å². The molecular weight excluding hydrogens is 336 g/mol. The first-order valence-electron chi connectivity index (χ1n) is 8.14. The lowest BCUT2D eigenvalue weighted by Crippen LogP contribution is -2.22. The topological polar surface area (TPSA) is 79.2 Å². The summed E-state index contributed by atoms with van der Waals surface area (Å²) in [7, 11) is 0. The Morgan fingerprint density at radius 3 is 3.00 bits per heavy atom. The van der Waals surface area contributed by atoms with Gasteiger partial charge in [0.15, 0.2) is 6.61 Å². The second-order valence-electron chi connectivity index (χ2n) is 6.18. The normalized spacial score (nSPS) is 15.8. The van der Waals surface area contributed by atoms with Gasteiger partial charge in [-0.05, 0) is 42.9 Å². The molecular formula is C19H18N2O3S. The summed E-state index contributed by atoms with van der Waals surface area (Å²) in [6, 6.07) is 8.69. The minimum Gasteiger partial charge on any atom is -0.452 e. The van der Waals surface area contributed by atoms with Crippen molar-refractivity contribution in [3.63, 3.8) is 0 Å². The highest BCUT2D eigenvalue weighted by molar-refractivity contribution is 7.10. The second-order valence-corrected chi connectivity index (χ2v) is 7.14. The highest BCUT2D eigenvalue weighted by atomic mass is 32.1. The number of benzene rings is 1. The summed E-state index contributed by atoms with van der Waals surface area (Å²) in [6.45, 7) is 1.84. The molecule has 0 saturated carbocycles. The van der Waals surface area contributed by atoms with E-state index in [0.717, 1.165) is 24.8 Å². The van der Waals surface area contributed by atoms with Crippen LogP contribution in [0.5, 0.6) is 0 Å². The van der Waals surface area contributed by atoms with Crippen molar-refractivity contribution in [1.29, 1.82) is 5.26 Å². The van der Waals surface area contributed by atoms with Crippen molar-refractivity contribution in [1.82, 2.24) is 0 Å². The van der Waals surface area contributed by atoms with Gasteiger partial charge in [-0.25, -0.2) is 4.79 Å². The molecule has 2 aromatic rings. The summed E-state index contributed by atoms with van der Waals surface area (Å²) in [5, 5.41) is 13.4. The average molecular weight is 354 g/mol. The van der Waals surface area contributed by atoms with E-state index in [0.29, 0.717) is 22.7 Å². The van der Waals surface area contributed by atoms with Crippen molar-refractivity contribution >= 4 is 28.9 Å². The van der Waals surface area contributed by atoms with Crippen molar-refractivity contribution in [3.8, 4) is 6.07 Å². The number of nitrogens with one attached hydrogen (secondary N) is 1. The fraction of sp³-hybridized carbons (Fsp3) is 0.316. The zero-order valence-corrected chi connectivity index (χ0v) is 14.7. The van der Waals surface area contributed by atoms with Crippen LogP contribution in [0.3, 0.4) is 0 Å². The van der Waals surface area contributed by atoms with E-state index < -0.39 is 11.9 Å². The Bertz CT molecular complexity index is 851. The summed E-state index contributed by atoms with van der Waals surface area (Å²) in [6.07, 6.45) is 2.94. The van der Waals surface area contributed by atoms with Crippen LogP contribution in [-0.2, 0) is 22.4 Å². The zero-order chi connectivity index (χ0) is 17.8. The van der Waals surface area contributed by atoms with Crippen molar-refractivity contribution < 1.29 is 14.3 Å². The molecule has 0 spiro atoms. The van der Waals surface area contributed by atoms with Gasteiger partial charge in [-0.3, -0.25) is 4.79 Å². The number of carbonyl (C=O) groups is 2. The Morgan fingerprint density at radius 2 is 2.20 bits per heavy atom. The van der Waals surface area contributed by atoms with E-state index in [2.05, 4.69) is 12.2 Å². The number of hydrogen-bond donors (Lipinski definition) is 1. The molecule has 1 aliphatic carbocycles. The van der Waals surface area contributed by atoms with E-state index in [-0.39, 0.29) is 6.61 Å². The van der Waals surface area contributed by atoms with E-state index in [1.807, 2.05) is 11.4 Å². The maximum Gasteiger partial charge on any atom is 0.339 e. The lowest BCUT2D eigenvalue weighted by atomic mass is 9.88. The van der Waals surface area contributed by atoms with Gasteiger partial charge in [0, 0.05) is 10.3 Å². The van der Waals surface area contributed by atoms with Crippen LogP contribution in [0.2, 0.25) is 0 Å².